The van der Waals surface area contributed by atoms with E-state index in [1.807, 2.05) is 12.1 Å². The van der Waals surface area contributed by atoms with Crippen LogP contribution in [-0.4, -0.2) is 25.5 Å². The molecule has 0 aromatic heterocycles. The minimum absolute atomic E-state index is 0.00927. The van der Waals surface area contributed by atoms with Gasteiger partial charge in [0, 0.05) is 24.0 Å². The lowest BCUT2D eigenvalue weighted by atomic mass is 9.84. The highest BCUT2D eigenvalue weighted by Crippen LogP contribution is 2.32. The molecule has 5 heteroatoms. The fourth-order valence-electron chi connectivity index (χ4n) is 3.51. The molecule has 0 atom stereocenters. The third kappa shape index (κ3) is 5.41. The minimum Gasteiger partial charge on any atom is -0.375 e. The summed E-state index contributed by atoms with van der Waals surface area (Å²) in [4.78, 5) is 23.9. The monoisotopic (exact) mass is 366 g/mol. The van der Waals surface area contributed by atoms with Crippen LogP contribution in [0.1, 0.15) is 53.9 Å². The lowest BCUT2D eigenvalue weighted by Gasteiger charge is -2.22. The second-order valence-electron chi connectivity index (χ2n) is 6.97. The zero-order chi connectivity index (χ0) is 19.1. The van der Waals surface area contributed by atoms with Crippen molar-refractivity contribution in [3.63, 3.8) is 0 Å². The number of benzene rings is 2. The zero-order valence-corrected chi connectivity index (χ0v) is 15.7. The molecule has 1 aliphatic rings. The Kier molecular flexibility index (Phi) is 6.60. The van der Waals surface area contributed by atoms with E-state index < -0.39 is 0 Å². The van der Waals surface area contributed by atoms with Gasteiger partial charge in [0.2, 0.25) is 5.91 Å². The van der Waals surface area contributed by atoms with Crippen molar-refractivity contribution in [2.45, 2.75) is 38.0 Å². The predicted octanol–water partition coefficient (Wildman–Crippen LogP) is 4.57. The van der Waals surface area contributed by atoms with Gasteiger partial charge in [0.25, 0.3) is 5.91 Å². The van der Waals surface area contributed by atoms with Crippen LogP contribution in [0.3, 0.4) is 0 Å². The molecule has 5 nitrogen and oxygen atoms in total. The maximum Gasteiger partial charge on any atom is 0.255 e. The first-order chi connectivity index (χ1) is 13.2. The molecule has 142 valence electrons. The molecule has 0 unspecified atom stereocenters. The van der Waals surface area contributed by atoms with Gasteiger partial charge in [-0.25, -0.2) is 0 Å². The Hall–Kier alpha value is -2.66. The van der Waals surface area contributed by atoms with E-state index in [9.17, 15) is 9.59 Å². The van der Waals surface area contributed by atoms with E-state index in [1.54, 1.807) is 24.3 Å². The van der Waals surface area contributed by atoms with Gasteiger partial charge in [0.1, 0.15) is 6.61 Å². The highest BCUT2D eigenvalue weighted by atomic mass is 16.5. The van der Waals surface area contributed by atoms with Crippen LogP contribution in [0.2, 0.25) is 0 Å². The van der Waals surface area contributed by atoms with Crippen molar-refractivity contribution < 1.29 is 14.3 Å². The maximum absolute atomic E-state index is 12.5. The molecule has 0 aliphatic heterocycles. The number of hydrogen-bond acceptors (Lipinski definition) is 3. The lowest BCUT2D eigenvalue weighted by Crippen LogP contribution is -2.17. The Balaban J connectivity index is 1.57. The summed E-state index contributed by atoms with van der Waals surface area (Å²) in [5.41, 5.74) is 3.32. The van der Waals surface area contributed by atoms with E-state index in [1.165, 1.54) is 44.8 Å². The summed E-state index contributed by atoms with van der Waals surface area (Å²) in [5, 5.41) is 5.60. The highest BCUT2D eigenvalue weighted by Gasteiger charge is 2.16. The van der Waals surface area contributed by atoms with Crippen LogP contribution in [0.5, 0.6) is 0 Å². The Labute approximate surface area is 160 Å². The van der Waals surface area contributed by atoms with Crippen LogP contribution >= 0.6 is 0 Å². The van der Waals surface area contributed by atoms with Crippen molar-refractivity contribution in [1.29, 1.82) is 0 Å². The van der Waals surface area contributed by atoms with Gasteiger partial charge >= 0.3 is 0 Å². The Bertz CT molecular complexity index is 763. The topological polar surface area (TPSA) is 67.4 Å². The molecule has 27 heavy (non-hydrogen) atoms. The standard InChI is InChI=1S/C22H26N2O3/c1-27-15-21(25)23-19-11-13-20(14-12-19)24-22(26)18-9-7-17(8-10-18)16-5-3-2-4-6-16/h7-14,16H,2-6,15H2,1H3,(H,23,25)(H,24,26). The summed E-state index contributed by atoms with van der Waals surface area (Å²) < 4.78 is 4.78. The number of carbonyl (C=O) groups excluding carboxylic acids is 2. The largest absolute Gasteiger partial charge is 0.375 e. The molecular formula is C22H26N2O3. The van der Waals surface area contributed by atoms with Crippen molar-refractivity contribution in [1.82, 2.24) is 0 Å². The van der Waals surface area contributed by atoms with Crippen LogP contribution in [-0.2, 0) is 9.53 Å². The van der Waals surface area contributed by atoms with Crippen LogP contribution in [0.25, 0.3) is 0 Å². The summed E-state index contributed by atoms with van der Waals surface area (Å²) in [5.74, 6) is 0.283. The summed E-state index contributed by atoms with van der Waals surface area (Å²) in [6.07, 6.45) is 6.44. The normalized spacial score (nSPS) is 14.6. The second-order valence-corrected chi connectivity index (χ2v) is 6.97. The molecule has 0 spiro atoms. The molecule has 2 aromatic carbocycles. The number of carbonyl (C=O) groups is 2. The van der Waals surface area contributed by atoms with E-state index in [0.29, 0.717) is 22.9 Å². The van der Waals surface area contributed by atoms with Gasteiger partial charge in [-0.05, 0) is 60.7 Å². The molecule has 1 aliphatic carbocycles. The Morgan fingerprint density at radius 2 is 1.48 bits per heavy atom. The number of amides is 2. The lowest BCUT2D eigenvalue weighted by molar-refractivity contribution is -0.119. The maximum atomic E-state index is 12.5. The van der Waals surface area contributed by atoms with E-state index >= 15 is 0 Å². The van der Waals surface area contributed by atoms with Crippen molar-refractivity contribution in [3.05, 3.63) is 59.7 Å². The van der Waals surface area contributed by atoms with E-state index in [0.717, 1.165) is 0 Å². The molecule has 2 N–H and O–H groups in total. The number of ether oxygens (including phenoxy) is 1. The molecular weight excluding hydrogens is 340 g/mol. The molecule has 0 bridgehead atoms. The fraction of sp³-hybridized carbons (Fsp3) is 0.364. The van der Waals surface area contributed by atoms with Crippen LogP contribution in [0, 0.1) is 0 Å². The summed E-state index contributed by atoms with van der Waals surface area (Å²) in [7, 11) is 1.47. The van der Waals surface area contributed by atoms with Gasteiger partial charge in [0.15, 0.2) is 0 Å². The van der Waals surface area contributed by atoms with Gasteiger partial charge in [-0.1, -0.05) is 31.4 Å². The van der Waals surface area contributed by atoms with Gasteiger partial charge < -0.3 is 15.4 Å². The average Bonchev–Trinajstić information content (AvgIpc) is 2.70. The van der Waals surface area contributed by atoms with Gasteiger partial charge in [0.05, 0.1) is 0 Å². The first-order valence-corrected chi connectivity index (χ1v) is 9.46. The number of anilines is 2. The number of rotatable bonds is 6. The first-order valence-electron chi connectivity index (χ1n) is 9.46. The van der Waals surface area contributed by atoms with Gasteiger partial charge in [-0.2, -0.15) is 0 Å². The van der Waals surface area contributed by atoms with Gasteiger partial charge in [-0.3, -0.25) is 9.59 Å². The van der Waals surface area contributed by atoms with E-state index in [-0.39, 0.29) is 18.4 Å². The average molecular weight is 366 g/mol. The molecule has 1 fully saturated rings. The molecule has 1 saturated carbocycles. The second kappa shape index (κ2) is 9.33. The van der Waals surface area contributed by atoms with E-state index in [2.05, 4.69) is 22.8 Å². The SMILES string of the molecule is COCC(=O)Nc1ccc(NC(=O)c2ccc(C3CCCCC3)cc2)cc1. The third-order valence-corrected chi connectivity index (χ3v) is 4.95. The van der Waals surface area contributed by atoms with Crippen LogP contribution in [0.4, 0.5) is 11.4 Å². The Morgan fingerprint density at radius 3 is 2.07 bits per heavy atom. The van der Waals surface area contributed by atoms with Crippen molar-refractivity contribution in [2.24, 2.45) is 0 Å². The predicted molar refractivity (Wildman–Crippen MR) is 107 cm³/mol. The van der Waals surface area contributed by atoms with Crippen LogP contribution < -0.4 is 10.6 Å². The number of nitrogens with one attached hydrogen (secondary N) is 2. The zero-order valence-electron chi connectivity index (χ0n) is 15.7. The van der Waals surface area contributed by atoms with Crippen LogP contribution in [0.15, 0.2) is 48.5 Å². The Morgan fingerprint density at radius 1 is 0.889 bits per heavy atom. The molecule has 0 saturated heterocycles. The molecule has 2 amide bonds. The summed E-state index contributed by atoms with van der Waals surface area (Å²) >= 11 is 0. The third-order valence-electron chi connectivity index (χ3n) is 4.95. The molecule has 2 aromatic rings. The highest BCUT2D eigenvalue weighted by molar-refractivity contribution is 6.04. The summed E-state index contributed by atoms with van der Waals surface area (Å²) in [6.45, 7) is 0.00927. The number of methoxy groups -OCH3 is 1. The quantitative estimate of drug-likeness (QED) is 0.787. The van der Waals surface area contributed by atoms with Crippen molar-refractivity contribution in [3.8, 4) is 0 Å². The fourth-order valence-corrected chi connectivity index (χ4v) is 3.51. The molecule has 0 radical (unpaired) electrons. The van der Waals surface area contributed by atoms with Crippen molar-refractivity contribution in [2.75, 3.05) is 24.4 Å². The van der Waals surface area contributed by atoms with Gasteiger partial charge in [-0.15, -0.1) is 0 Å². The molecule has 3 rings (SSSR count). The van der Waals surface area contributed by atoms with E-state index in [4.69, 9.17) is 4.74 Å². The summed E-state index contributed by atoms with van der Waals surface area (Å²) in [6, 6.07) is 15.0. The molecule has 0 heterocycles. The smallest absolute Gasteiger partial charge is 0.255 e. The van der Waals surface area contributed by atoms with Crippen molar-refractivity contribution >= 4 is 23.2 Å². The number of hydrogen-bond donors (Lipinski definition) is 2. The minimum atomic E-state index is -0.215. The first kappa shape index (κ1) is 19.1.